The van der Waals surface area contributed by atoms with Gasteiger partial charge in [-0.05, 0) is 62.8 Å². The molecule has 23 heavy (non-hydrogen) atoms. The lowest BCUT2D eigenvalue weighted by Crippen LogP contribution is -2.41. The highest BCUT2D eigenvalue weighted by Crippen LogP contribution is 2.35. The van der Waals surface area contributed by atoms with Crippen LogP contribution in [0.2, 0.25) is 0 Å². The number of rotatable bonds is 3. The molecular formula is C19H27N3O. The van der Waals surface area contributed by atoms with E-state index in [4.69, 9.17) is 4.74 Å². The summed E-state index contributed by atoms with van der Waals surface area (Å²) < 4.78 is 5.97. The molecule has 0 saturated carbocycles. The first-order chi connectivity index (χ1) is 11.2. The largest absolute Gasteiger partial charge is 0.372 e. The second-order valence-corrected chi connectivity index (χ2v) is 7.25. The number of likely N-dealkylation sites (tertiary alicyclic amines) is 1. The summed E-state index contributed by atoms with van der Waals surface area (Å²) in [4.78, 5) is 10.7. The lowest BCUT2D eigenvalue weighted by Gasteiger charge is -2.38. The molecule has 124 valence electrons. The second kappa shape index (κ2) is 6.25. The third-order valence-electron chi connectivity index (χ3n) is 5.83. The van der Waals surface area contributed by atoms with Gasteiger partial charge in [-0.25, -0.2) is 4.98 Å². The summed E-state index contributed by atoms with van der Waals surface area (Å²) in [7, 11) is 0. The molecule has 0 spiro atoms. The van der Waals surface area contributed by atoms with Crippen molar-refractivity contribution in [3.63, 3.8) is 0 Å². The summed E-state index contributed by atoms with van der Waals surface area (Å²) in [5, 5.41) is 1.27. The van der Waals surface area contributed by atoms with Gasteiger partial charge in [0.1, 0.15) is 5.65 Å². The molecule has 2 aromatic rings. The van der Waals surface area contributed by atoms with Gasteiger partial charge in [0.15, 0.2) is 0 Å². The van der Waals surface area contributed by atoms with Gasteiger partial charge in [-0.2, -0.15) is 0 Å². The number of ether oxygens (including phenoxy) is 1. The van der Waals surface area contributed by atoms with Gasteiger partial charge in [0.2, 0.25) is 0 Å². The predicted molar refractivity (Wildman–Crippen MR) is 92.3 cm³/mol. The minimum absolute atomic E-state index is 0.219. The molecule has 4 nitrogen and oxygen atoms in total. The van der Waals surface area contributed by atoms with Crippen LogP contribution in [-0.4, -0.2) is 34.1 Å². The van der Waals surface area contributed by atoms with Gasteiger partial charge in [0.05, 0.1) is 11.8 Å². The predicted octanol–water partition coefficient (Wildman–Crippen LogP) is 4.03. The van der Waals surface area contributed by atoms with E-state index in [2.05, 4.69) is 34.8 Å². The number of H-pyrrole nitrogens is 1. The molecule has 2 unspecified atom stereocenters. The molecule has 2 aliphatic rings. The first-order valence-electron chi connectivity index (χ1n) is 9.05. The van der Waals surface area contributed by atoms with E-state index in [9.17, 15) is 0 Å². The summed E-state index contributed by atoms with van der Waals surface area (Å²) >= 11 is 0. The molecule has 0 aromatic carbocycles. The van der Waals surface area contributed by atoms with Crippen LogP contribution in [0.25, 0.3) is 11.0 Å². The zero-order valence-electron chi connectivity index (χ0n) is 14.2. The van der Waals surface area contributed by atoms with E-state index < -0.39 is 0 Å². The van der Waals surface area contributed by atoms with Gasteiger partial charge < -0.3 is 9.72 Å². The van der Waals surface area contributed by atoms with Crippen LogP contribution in [0.5, 0.6) is 0 Å². The molecular weight excluding hydrogens is 286 g/mol. The van der Waals surface area contributed by atoms with Crippen molar-refractivity contribution < 1.29 is 4.74 Å². The highest BCUT2D eigenvalue weighted by atomic mass is 16.5. The number of nitrogens with zero attached hydrogens (tertiary/aromatic N) is 2. The van der Waals surface area contributed by atoms with E-state index in [1.807, 2.05) is 12.3 Å². The zero-order chi connectivity index (χ0) is 15.8. The van der Waals surface area contributed by atoms with Crippen LogP contribution in [0.4, 0.5) is 0 Å². The fourth-order valence-electron chi connectivity index (χ4n) is 4.19. The molecule has 2 aliphatic heterocycles. The second-order valence-electron chi connectivity index (χ2n) is 7.25. The Kier molecular flexibility index (Phi) is 4.12. The maximum absolute atomic E-state index is 5.97. The van der Waals surface area contributed by atoms with Gasteiger partial charge in [-0.15, -0.1) is 0 Å². The molecule has 4 heterocycles. The minimum Gasteiger partial charge on any atom is -0.372 e. The molecule has 2 fully saturated rings. The van der Waals surface area contributed by atoms with Crippen LogP contribution in [0.1, 0.15) is 56.9 Å². The van der Waals surface area contributed by atoms with Gasteiger partial charge in [-0.1, -0.05) is 6.92 Å². The van der Waals surface area contributed by atoms with Gasteiger partial charge in [0, 0.05) is 30.8 Å². The Hall–Kier alpha value is -1.39. The molecule has 2 aromatic heterocycles. The fraction of sp³-hybridized carbons (Fsp3) is 0.632. The normalized spacial score (nSPS) is 29.4. The number of piperidine rings is 1. The lowest BCUT2D eigenvalue weighted by atomic mass is 9.91. The maximum atomic E-state index is 5.97. The van der Waals surface area contributed by atoms with E-state index in [0.29, 0.717) is 6.04 Å². The van der Waals surface area contributed by atoms with Crippen molar-refractivity contribution in [1.82, 2.24) is 14.9 Å². The number of nitrogens with one attached hydrogen (secondary N) is 1. The summed E-state index contributed by atoms with van der Waals surface area (Å²) in [6.45, 7) is 7.84. The molecule has 0 aliphatic carbocycles. The lowest BCUT2D eigenvalue weighted by molar-refractivity contribution is 0.0965. The summed E-state index contributed by atoms with van der Waals surface area (Å²) in [6.07, 6.45) is 7.02. The van der Waals surface area contributed by atoms with Crippen molar-refractivity contribution in [1.29, 1.82) is 0 Å². The number of pyridine rings is 1. The smallest absolute Gasteiger partial charge is 0.137 e. The Morgan fingerprint density at radius 3 is 3.04 bits per heavy atom. The van der Waals surface area contributed by atoms with Crippen LogP contribution < -0.4 is 0 Å². The summed E-state index contributed by atoms with van der Waals surface area (Å²) in [5.41, 5.74) is 3.67. The quantitative estimate of drug-likeness (QED) is 0.930. The van der Waals surface area contributed by atoms with Crippen molar-refractivity contribution in [2.45, 2.75) is 58.2 Å². The van der Waals surface area contributed by atoms with E-state index in [1.165, 1.54) is 36.0 Å². The third-order valence-corrected chi connectivity index (χ3v) is 5.83. The van der Waals surface area contributed by atoms with Gasteiger partial charge >= 0.3 is 0 Å². The van der Waals surface area contributed by atoms with E-state index >= 15 is 0 Å². The van der Waals surface area contributed by atoms with Crippen LogP contribution in [0.15, 0.2) is 18.3 Å². The Labute approximate surface area is 138 Å². The number of aromatic nitrogens is 2. The molecule has 0 amide bonds. The molecule has 1 N–H and O–H groups in total. The summed E-state index contributed by atoms with van der Waals surface area (Å²) in [5.74, 6) is 0.776. The Balaban J connectivity index is 1.70. The number of fused-ring (bicyclic) bond motifs is 1. The molecule has 2 saturated heterocycles. The monoisotopic (exact) mass is 313 g/mol. The van der Waals surface area contributed by atoms with Crippen molar-refractivity contribution in [2.75, 3.05) is 13.2 Å². The van der Waals surface area contributed by atoms with Gasteiger partial charge in [-0.3, -0.25) is 4.90 Å². The fourth-order valence-corrected chi connectivity index (χ4v) is 4.19. The number of hydrogen-bond acceptors (Lipinski definition) is 3. The molecule has 0 bridgehead atoms. The van der Waals surface area contributed by atoms with Crippen molar-refractivity contribution >= 4 is 11.0 Å². The first-order valence-corrected chi connectivity index (χ1v) is 9.05. The number of aromatic amines is 1. The highest BCUT2D eigenvalue weighted by Gasteiger charge is 2.29. The van der Waals surface area contributed by atoms with Gasteiger partial charge in [0.25, 0.3) is 0 Å². The van der Waals surface area contributed by atoms with Crippen LogP contribution in [-0.2, 0) is 11.3 Å². The third kappa shape index (κ3) is 2.79. The van der Waals surface area contributed by atoms with Crippen molar-refractivity contribution in [3.05, 3.63) is 29.6 Å². The van der Waals surface area contributed by atoms with E-state index in [0.717, 1.165) is 37.6 Å². The Morgan fingerprint density at radius 2 is 2.22 bits per heavy atom. The topological polar surface area (TPSA) is 41.1 Å². The zero-order valence-corrected chi connectivity index (χ0v) is 14.2. The first kappa shape index (κ1) is 15.2. The van der Waals surface area contributed by atoms with E-state index in [-0.39, 0.29) is 6.10 Å². The van der Waals surface area contributed by atoms with Crippen molar-refractivity contribution in [2.24, 2.45) is 5.92 Å². The average molecular weight is 313 g/mol. The molecule has 4 heteroatoms. The Morgan fingerprint density at radius 1 is 1.30 bits per heavy atom. The highest BCUT2D eigenvalue weighted by molar-refractivity contribution is 5.81. The van der Waals surface area contributed by atoms with Crippen molar-refractivity contribution in [3.8, 4) is 0 Å². The Bertz CT molecular complexity index is 674. The summed E-state index contributed by atoms with van der Waals surface area (Å²) in [6, 6.07) is 4.88. The maximum Gasteiger partial charge on any atom is 0.137 e. The minimum atomic E-state index is 0.219. The molecule has 3 atom stereocenters. The van der Waals surface area contributed by atoms with Crippen LogP contribution >= 0.6 is 0 Å². The van der Waals surface area contributed by atoms with Crippen LogP contribution in [0, 0.1) is 5.92 Å². The number of hydrogen-bond donors (Lipinski definition) is 1. The SMILES string of the molecule is CC1CCCN(Cc2c([C@H]3CCCO3)[nH]c3ncccc23)C1C. The molecule has 0 radical (unpaired) electrons. The van der Waals surface area contributed by atoms with E-state index in [1.54, 1.807) is 0 Å². The molecule has 4 rings (SSSR count). The van der Waals surface area contributed by atoms with Crippen LogP contribution in [0.3, 0.4) is 0 Å². The standard InChI is InChI=1S/C19H27N3O/c1-13-6-4-10-22(14(13)2)12-16-15-7-3-9-20-19(15)21-18(16)17-8-5-11-23-17/h3,7,9,13-14,17H,4-6,8,10-12H2,1-2H3,(H,20,21)/t13?,14?,17-/m1/s1. The average Bonchev–Trinajstić information content (AvgIpc) is 3.20.